The third kappa shape index (κ3) is 4.17. The maximum absolute atomic E-state index is 12.3. The molecular formula is C15H17N3O3. The Morgan fingerprint density at radius 3 is 2.67 bits per heavy atom. The van der Waals surface area contributed by atoms with Crippen LogP contribution in [0.4, 0.5) is 0 Å². The molecule has 0 radical (unpaired) electrons. The average molecular weight is 287 g/mol. The fraction of sp³-hybridized carbons (Fsp3) is 0.267. The van der Waals surface area contributed by atoms with E-state index in [0.29, 0.717) is 12.1 Å². The molecule has 1 aromatic heterocycles. The van der Waals surface area contributed by atoms with Crippen LogP contribution in [0.25, 0.3) is 0 Å². The third-order valence-electron chi connectivity index (χ3n) is 3.04. The molecule has 0 saturated heterocycles. The highest BCUT2D eigenvalue weighted by Gasteiger charge is 2.14. The third-order valence-corrected chi connectivity index (χ3v) is 3.04. The van der Waals surface area contributed by atoms with Crippen LogP contribution in [0, 0.1) is 0 Å². The zero-order valence-corrected chi connectivity index (χ0v) is 11.8. The lowest BCUT2D eigenvalue weighted by atomic mass is 10.2. The summed E-state index contributed by atoms with van der Waals surface area (Å²) < 4.78 is 1.47. The van der Waals surface area contributed by atoms with Crippen molar-refractivity contribution in [3.63, 3.8) is 0 Å². The van der Waals surface area contributed by atoms with Gasteiger partial charge in [0.05, 0.1) is 24.7 Å². The second-order valence-corrected chi connectivity index (χ2v) is 4.78. The summed E-state index contributed by atoms with van der Waals surface area (Å²) in [7, 11) is 1.73. The van der Waals surface area contributed by atoms with Crippen molar-refractivity contribution in [3.05, 3.63) is 53.9 Å². The minimum absolute atomic E-state index is 0.0187. The maximum atomic E-state index is 12.3. The minimum atomic E-state index is -0.889. The van der Waals surface area contributed by atoms with E-state index in [-0.39, 0.29) is 18.9 Å². The molecule has 110 valence electrons. The number of carboxylic acid groups (broad SMARTS) is 1. The van der Waals surface area contributed by atoms with Gasteiger partial charge in [-0.2, -0.15) is 5.10 Å². The molecule has 6 nitrogen and oxygen atoms in total. The number of hydrogen-bond acceptors (Lipinski definition) is 3. The number of carbonyl (C=O) groups is 2. The fourth-order valence-corrected chi connectivity index (χ4v) is 1.96. The summed E-state index contributed by atoms with van der Waals surface area (Å²) in [5.41, 5.74) is 1.51. The molecule has 0 spiro atoms. The number of benzene rings is 1. The van der Waals surface area contributed by atoms with Crippen LogP contribution in [-0.4, -0.2) is 38.7 Å². The van der Waals surface area contributed by atoms with E-state index in [9.17, 15) is 9.59 Å². The number of aromatic nitrogens is 2. The zero-order valence-electron chi connectivity index (χ0n) is 11.8. The lowest BCUT2D eigenvalue weighted by molar-refractivity contribution is -0.137. The normalized spacial score (nSPS) is 10.3. The van der Waals surface area contributed by atoms with Crippen molar-refractivity contribution in [1.82, 2.24) is 14.7 Å². The van der Waals surface area contributed by atoms with Crippen molar-refractivity contribution >= 4 is 11.9 Å². The molecule has 2 rings (SSSR count). The van der Waals surface area contributed by atoms with E-state index in [1.807, 2.05) is 30.3 Å². The summed E-state index contributed by atoms with van der Waals surface area (Å²) in [5, 5.41) is 12.6. The van der Waals surface area contributed by atoms with Crippen LogP contribution in [0.3, 0.4) is 0 Å². The van der Waals surface area contributed by atoms with Crippen molar-refractivity contribution in [2.45, 2.75) is 19.5 Å². The molecule has 0 atom stereocenters. The van der Waals surface area contributed by atoms with Gasteiger partial charge >= 0.3 is 5.97 Å². The number of carboxylic acids is 1. The fourth-order valence-electron chi connectivity index (χ4n) is 1.96. The second kappa shape index (κ2) is 6.69. The minimum Gasteiger partial charge on any atom is -0.481 e. The molecule has 1 N–H and O–H groups in total. The molecule has 6 heteroatoms. The topological polar surface area (TPSA) is 75.4 Å². The number of nitrogens with zero attached hydrogens (tertiary/aromatic N) is 3. The summed E-state index contributed by atoms with van der Waals surface area (Å²) >= 11 is 0. The van der Waals surface area contributed by atoms with E-state index in [4.69, 9.17) is 5.11 Å². The summed E-state index contributed by atoms with van der Waals surface area (Å²) in [6.45, 7) is 0.769. The quantitative estimate of drug-likeness (QED) is 0.876. The van der Waals surface area contributed by atoms with Crippen LogP contribution in [0.1, 0.15) is 22.3 Å². The van der Waals surface area contributed by atoms with Gasteiger partial charge in [-0.15, -0.1) is 0 Å². The van der Waals surface area contributed by atoms with E-state index in [1.165, 1.54) is 10.9 Å². The van der Waals surface area contributed by atoms with Gasteiger partial charge in [0.25, 0.3) is 5.91 Å². The molecule has 0 aliphatic rings. The number of rotatable bonds is 6. The number of carbonyl (C=O) groups excluding carboxylic acids is 1. The molecule has 2 aromatic rings. The maximum Gasteiger partial charge on any atom is 0.305 e. The van der Waals surface area contributed by atoms with Crippen molar-refractivity contribution in [2.24, 2.45) is 0 Å². The van der Waals surface area contributed by atoms with Gasteiger partial charge in [0.1, 0.15) is 0 Å². The van der Waals surface area contributed by atoms with E-state index in [1.54, 1.807) is 18.1 Å². The Balaban J connectivity index is 1.97. The molecule has 1 amide bonds. The molecule has 0 aliphatic heterocycles. The Morgan fingerprint density at radius 1 is 1.29 bits per heavy atom. The Hall–Kier alpha value is -2.63. The smallest absolute Gasteiger partial charge is 0.305 e. The Bertz CT molecular complexity index is 622. The number of aliphatic carboxylic acids is 1. The van der Waals surface area contributed by atoms with Crippen LogP contribution in [-0.2, 0) is 17.9 Å². The number of aryl methyl sites for hydroxylation is 1. The van der Waals surface area contributed by atoms with E-state index >= 15 is 0 Å². The summed E-state index contributed by atoms with van der Waals surface area (Å²) in [5.74, 6) is -1.03. The summed E-state index contributed by atoms with van der Waals surface area (Å²) in [6.07, 6.45) is 3.02. The van der Waals surface area contributed by atoms with Crippen LogP contribution in [0.15, 0.2) is 42.7 Å². The molecule has 0 unspecified atom stereocenters. The molecule has 21 heavy (non-hydrogen) atoms. The monoisotopic (exact) mass is 287 g/mol. The van der Waals surface area contributed by atoms with Gasteiger partial charge in [0, 0.05) is 19.8 Å². The van der Waals surface area contributed by atoms with Crippen molar-refractivity contribution in [2.75, 3.05) is 7.05 Å². The van der Waals surface area contributed by atoms with Gasteiger partial charge in [-0.05, 0) is 5.56 Å². The van der Waals surface area contributed by atoms with Crippen LogP contribution < -0.4 is 0 Å². The van der Waals surface area contributed by atoms with Crippen LogP contribution >= 0.6 is 0 Å². The molecule has 1 heterocycles. The first-order valence-corrected chi connectivity index (χ1v) is 6.60. The van der Waals surface area contributed by atoms with Crippen LogP contribution in [0.5, 0.6) is 0 Å². The molecule has 0 bridgehead atoms. The van der Waals surface area contributed by atoms with Gasteiger partial charge in [0.2, 0.25) is 0 Å². The van der Waals surface area contributed by atoms with Crippen molar-refractivity contribution in [3.8, 4) is 0 Å². The summed E-state index contributed by atoms with van der Waals surface area (Å²) in [4.78, 5) is 24.4. The van der Waals surface area contributed by atoms with Crippen molar-refractivity contribution in [1.29, 1.82) is 0 Å². The van der Waals surface area contributed by atoms with E-state index in [2.05, 4.69) is 5.10 Å². The molecule has 0 aliphatic carbocycles. The number of hydrogen-bond donors (Lipinski definition) is 1. The van der Waals surface area contributed by atoms with Gasteiger partial charge in [0.15, 0.2) is 0 Å². The Kier molecular flexibility index (Phi) is 4.71. The van der Waals surface area contributed by atoms with Gasteiger partial charge < -0.3 is 10.0 Å². The van der Waals surface area contributed by atoms with E-state index < -0.39 is 5.97 Å². The largest absolute Gasteiger partial charge is 0.481 e. The van der Waals surface area contributed by atoms with Gasteiger partial charge in [-0.25, -0.2) is 0 Å². The van der Waals surface area contributed by atoms with Crippen molar-refractivity contribution < 1.29 is 14.7 Å². The standard InChI is InChI=1S/C15H17N3O3/c1-17(10-12-5-3-2-4-6-12)15(21)13-9-16-18(11-13)8-7-14(19)20/h2-6,9,11H,7-8,10H2,1H3,(H,19,20). The SMILES string of the molecule is CN(Cc1ccccc1)C(=O)c1cnn(CCC(=O)O)c1. The van der Waals surface area contributed by atoms with Gasteiger partial charge in [-0.1, -0.05) is 30.3 Å². The number of amides is 1. The predicted octanol–water partition coefficient (Wildman–Crippen LogP) is 1.63. The van der Waals surface area contributed by atoms with Gasteiger partial charge in [-0.3, -0.25) is 14.3 Å². The molecular weight excluding hydrogens is 270 g/mol. The highest BCUT2D eigenvalue weighted by molar-refractivity contribution is 5.93. The summed E-state index contributed by atoms with van der Waals surface area (Å²) in [6, 6.07) is 9.70. The van der Waals surface area contributed by atoms with Crippen LogP contribution in [0.2, 0.25) is 0 Å². The highest BCUT2D eigenvalue weighted by Crippen LogP contribution is 2.08. The molecule has 0 saturated carbocycles. The zero-order chi connectivity index (χ0) is 15.2. The lowest BCUT2D eigenvalue weighted by Gasteiger charge is -2.16. The highest BCUT2D eigenvalue weighted by atomic mass is 16.4. The second-order valence-electron chi connectivity index (χ2n) is 4.78. The first kappa shape index (κ1) is 14.8. The lowest BCUT2D eigenvalue weighted by Crippen LogP contribution is -2.25. The first-order valence-electron chi connectivity index (χ1n) is 6.60. The Morgan fingerprint density at radius 2 is 2.00 bits per heavy atom. The molecule has 0 fully saturated rings. The molecule has 1 aromatic carbocycles. The van der Waals surface area contributed by atoms with E-state index in [0.717, 1.165) is 5.56 Å². The Labute approximate surface area is 122 Å². The predicted molar refractivity (Wildman–Crippen MR) is 76.7 cm³/mol. The average Bonchev–Trinajstić information content (AvgIpc) is 2.94. The first-order chi connectivity index (χ1) is 10.1.